The number of imide groups is 1. The fourth-order valence-corrected chi connectivity index (χ4v) is 5.10. The van der Waals surface area contributed by atoms with E-state index in [1.54, 1.807) is 12.1 Å². The van der Waals surface area contributed by atoms with Crippen molar-refractivity contribution in [2.24, 2.45) is 0 Å². The number of furan rings is 1. The van der Waals surface area contributed by atoms with Crippen molar-refractivity contribution in [2.75, 3.05) is 43.1 Å². The summed E-state index contributed by atoms with van der Waals surface area (Å²) in [6.45, 7) is 1.96. The van der Waals surface area contributed by atoms with E-state index in [0.717, 1.165) is 16.7 Å². The third kappa shape index (κ3) is 5.86. The number of hydrogen-bond acceptors (Lipinski definition) is 7. The van der Waals surface area contributed by atoms with Gasteiger partial charge in [-0.3, -0.25) is 19.3 Å². The largest absolute Gasteiger partial charge is 0.457 e. The Hall–Kier alpha value is -4.03. The molecule has 0 spiro atoms. The van der Waals surface area contributed by atoms with Gasteiger partial charge in [-0.2, -0.15) is 13.2 Å². The van der Waals surface area contributed by atoms with Gasteiger partial charge in [-0.15, -0.1) is 0 Å². The number of thioether (sulfide) groups is 1. The van der Waals surface area contributed by atoms with Crippen molar-refractivity contribution in [1.82, 2.24) is 4.90 Å². The second-order valence-corrected chi connectivity index (χ2v) is 9.67. The molecule has 0 saturated carbocycles. The first-order chi connectivity index (χ1) is 18.7. The Labute approximate surface area is 225 Å². The highest BCUT2D eigenvalue weighted by atomic mass is 32.2. The second-order valence-electron chi connectivity index (χ2n) is 8.68. The molecule has 3 aromatic rings. The van der Waals surface area contributed by atoms with Crippen LogP contribution < -0.4 is 10.2 Å². The summed E-state index contributed by atoms with van der Waals surface area (Å²) in [7, 11) is 0. The van der Waals surface area contributed by atoms with Crippen molar-refractivity contribution in [2.45, 2.75) is 6.18 Å². The van der Waals surface area contributed by atoms with E-state index in [2.05, 4.69) is 10.2 Å². The van der Waals surface area contributed by atoms with Crippen LogP contribution in [0.25, 0.3) is 17.4 Å². The second kappa shape index (κ2) is 11.0. The van der Waals surface area contributed by atoms with Crippen LogP contribution in [0.3, 0.4) is 0 Å². The van der Waals surface area contributed by atoms with Crippen LogP contribution in [0.5, 0.6) is 0 Å². The third-order valence-corrected chi connectivity index (χ3v) is 7.01. The molecule has 1 aromatic heterocycles. The van der Waals surface area contributed by atoms with Crippen molar-refractivity contribution in [3.05, 3.63) is 76.9 Å². The Morgan fingerprint density at radius 3 is 2.49 bits per heavy atom. The number of anilines is 2. The Morgan fingerprint density at radius 2 is 1.72 bits per heavy atom. The van der Waals surface area contributed by atoms with Gasteiger partial charge in [0.15, 0.2) is 0 Å². The number of halogens is 3. The number of morpholine rings is 1. The number of nitrogens with one attached hydrogen (secondary N) is 1. The van der Waals surface area contributed by atoms with Gasteiger partial charge in [-0.05, 0) is 42.1 Å². The lowest BCUT2D eigenvalue weighted by atomic mass is 10.1. The number of rotatable bonds is 6. The molecule has 1 N–H and O–H groups in total. The molecule has 2 aliphatic rings. The lowest BCUT2D eigenvalue weighted by Crippen LogP contribution is -2.38. The predicted molar refractivity (Wildman–Crippen MR) is 140 cm³/mol. The molecule has 12 heteroatoms. The molecule has 2 aliphatic heterocycles. The number of para-hydroxylation sites is 2. The summed E-state index contributed by atoms with van der Waals surface area (Å²) in [5.74, 6) is -1.19. The first kappa shape index (κ1) is 26.6. The molecule has 39 heavy (non-hydrogen) atoms. The standard InChI is InChI=1S/C27H22F3N3O5S/c28-27(29,30)19-6-2-1-5-18(19)22-10-9-17(38-22)15-23-25(35)33(26(36)39-23)16-24(34)31-20-7-3-4-8-21(20)32-11-13-37-14-12-32/h1-10,15H,11-14,16H2,(H,31,34)/b23-15+. The minimum atomic E-state index is -4.57. The average molecular weight is 558 g/mol. The molecule has 2 aromatic carbocycles. The van der Waals surface area contributed by atoms with Crippen molar-refractivity contribution in [1.29, 1.82) is 0 Å². The van der Waals surface area contributed by atoms with Gasteiger partial charge in [-0.1, -0.05) is 30.3 Å². The van der Waals surface area contributed by atoms with Gasteiger partial charge in [0.1, 0.15) is 18.1 Å². The number of carbonyl (C=O) groups is 3. The van der Waals surface area contributed by atoms with E-state index in [1.165, 1.54) is 36.4 Å². The van der Waals surface area contributed by atoms with E-state index in [4.69, 9.17) is 9.15 Å². The number of amides is 3. The van der Waals surface area contributed by atoms with Crippen molar-refractivity contribution in [3.8, 4) is 11.3 Å². The number of carbonyl (C=O) groups excluding carboxylic acids is 3. The smallest absolute Gasteiger partial charge is 0.417 e. The number of ether oxygens (including phenoxy) is 1. The average Bonchev–Trinajstić information content (AvgIpc) is 3.49. The van der Waals surface area contributed by atoms with E-state index in [0.29, 0.717) is 43.8 Å². The molecular weight excluding hydrogens is 535 g/mol. The van der Waals surface area contributed by atoms with Crippen LogP contribution in [-0.4, -0.2) is 54.8 Å². The molecule has 0 unspecified atom stereocenters. The summed E-state index contributed by atoms with van der Waals surface area (Å²) >= 11 is 0.620. The van der Waals surface area contributed by atoms with E-state index < -0.39 is 35.3 Å². The van der Waals surface area contributed by atoms with E-state index in [1.807, 2.05) is 12.1 Å². The van der Waals surface area contributed by atoms with Crippen molar-refractivity contribution >= 4 is 46.3 Å². The summed E-state index contributed by atoms with van der Waals surface area (Å²) in [6, 6.07) is 15.0. The summed E-state index contributed by atoms with van der Waals surface area (Å²) in [5, 5.41) is 2.13. The molecule has 2 fully saturated rings. The number of alkyl halides is 3. The van der Waals surface area contributed by atoms with Crippen LogP contribution >= 0.6 is 11.8 Å². The van der Waals surface area contributed by atoms with Crippen LogP contribution in [0.2, 0.25) is 0 Å². The summed E-state index contributed by atoms with van der Waals surface area (Å²) in [6.07, 6.45) is -3.30. The quantitative estimate of drug-likeness (QED) is 0.402. The van der Waals surface area contributed by atoms with Gasteiger partial charge in [-0.25, -0.2) is 0 Å². The molecule has 3 amide bonds. The van der Waals surface area contributed by atoms with E-state index in [-0.39, 0.29) is 22.0 Å². The Bertz CT molecular complexity index is 1450. The van der Waals surface area contributed by atoms with E-state index in [9.17, 15) is 27.6 Å². The van der Waals surface area contributed by atoms with Crippen molar-refractivity contribution < 1.29 is 36.7 Å². The molecule has 3 heterocycles. The van der Waals surface area contributed by atoms with Crippen molar-refractivity contribution in [3.63, 3.8) is 0 Å². The third-order valence-electron chi connectivity index (χ3n) is 6.10. The van der Waals surface area contributed by atoms with Crippen LogP contribution in [0, 0.1) is 0 Å². The maximum absolute atomic E-state index is 13.4. The number of benzene rings is 2. The normalized spacial score (nSPS) is 17.3. The molecule has 0 bridgehead atoms. The van der Waals surface area contributed by atoms with Crippen LogP contribution in [0.15, 0.2) is 70.0 Å². The zero-order valence-corrected chi connectivity index (χ0v) is 21.2. The number of nitrogens with zero attached hydrogens (tertiary/aromatic N) is 2. The summed E-state index contributed by atoms with van der Waals surface area (Å²) < 4.78 is 51.1. The van der Waals surface area contributed by atoms with E-state index >= 15 is 0 Å². The zero-order valence-electron chi connectivity index (χ0n) is 20.4. The Balaban J connectivity index is 1.28. The first-order valence-electron chi connectivity index (χ1n) is 11.9. The highest BCUT2D eigenvalue weighted by Gasteiger charge is 2.37. The lowest BCUT2D eigenvalue weighted by molar-refractivity contribution is -0.137. The monoisotopic (exact) mass is 557 g/mol. The molecule has 202 valence electrons. The lowest BCUT2D eigenvalue weighted by Gasteiger charge is -2.30. The molecule has 0 radical (unpaired) electrons. The van der Waals surface area contributed by atoms with Gasteiger partial charge in [0.25, 0.3) is 11.1 Å². The van der Waals surface area contributed by atoms with Gasteiger partial charge in [0, 0.05) is 24.7 Å². The fourth-order valence-electron chi connectivity index (χ4n) is 4.28. The summed E-state index contributed by atoms with van der Waals surface area (Å²) in [4.78, 5) is 41.1. The van der Waals surface area contributed by atoms with Crippen LogP contribution in [0.4, 0.5) is 29.3 Å². The maximum Gasteiger partial charge on any atom is 0.417 e. The Morgan fingerprint density at radius 1 is 1.00 bits per heavy atom. The molecule has 2 saturated heterocycles. The Kier molecular flexibility index (Phi) is 7.49. The van der Waals surface area contributed by atoms with Gasteiger partial charge < -0.3 is 19.4 Å². The first-order valence-corrected chi connectivity index (χ1v) is 12.8. The number of hydrogen-bond donors (Lipinski definition) is 1. The molecule has 0 aliphatic carbocycles. The van der Waals surface area contributed by atoms with Gasteiger partial charge in [0.2, 0.25) is 5.91 Å². The molecule has 0 atom stereocenters. The molecule has 5 rings (SSSR count). The van der Waals surface area contributed by atoms with Gasteiger partial charge in [0.05, 0.1) is 35.1 Å². The molecular formula is C27H22F3N3O5S. The van der Waals surface area contributed by atoms with Gasteiger partial charge >= 0.3 is 6.18 Å². The highest BCUT2D eigenvalue weighted by molar-refractivity contribution is 8.18. The zero-order chi connectivity index (χ0) is 27.6. The predicted octanol–water partition coefficient (Wildman–Crippen LogP) is 5.48. The minimum Gasteiger partial charge on any atom is -0.457 e. The molecule has 8 nitrogen and oxygen atoms in total. The van der Waals surface area contributed by atoms with Crippen LogP contribution in [-0.2, 0) is 20.5 Å². The maximum atomic E-state index is 13.4. The SMILES string of the molecule is O=C(CN1C(=O)S/C(=C/c2ccc(-c3ccccc3C(F)(F)F)o2)C1=O)Nc1ccccc1N1CCOCC1. The minimum absolute atomic E-state index is 0.00785. The topological polar surface area (TPSA) is 92.1 Å². The summed E-state index contributed by atoms with van der Waals surface area (Å²) in [5.41, 5.74) is 0.359. The van der Waals surface area contributed by atoms with Crippen LogP contribution in [0.1, 0.15) is 11.3 Å². The fraction of sp³-hybridized carbons (Fsp3) is 0.222. The highest BCUT2D eigenvalue weighted by Crippen LogP contribution is 2.38.